The molecule has 0 saturated carbocycles. The number of anilines is 2. The molecule has 1 atom stereocenters. The highest BCUT2D eigenvalue weighted by Crippen LogP contribution is 2.32. The molecule has 0 aliphatic rings. The molecule has 1 aromatic heterocycles. The maximum absolute atomic E-state index is 12.7. The van der Waals surface area contributed by atoms with Crippen molar-refractivity contribution in [1.29, 1.82) is 0 Å². The molecule has 0 fully saturated rings. The number of benzene rings is 2. The van der Waals surface area contributed by atoms with Gasteiger partial charge in [0, 0.05) is 16.9 Å². The molecule has 26 heavy (non-hydrogen) atoms. The molecule has 0 amide bonds. The summed E-state index contributed by atoms with van der Waals surface area (Å²) in [5.74, 6) is 0.459. The summed E-state index contributed by atoms with van der Waals surface area (Å²) in [7, 11) is 0. The van der Waals surface area contributed by atoms with Crippen molar-refractivity contribution in [3.63, 3.8) is 0 Å². The Balaban J connectivity index is 1.87. The highest BCUT2D eigenvalue weighted by Gasteiger charge is 2.29. The van der Waals surface area contributed by atoms with E-state index >= 15 is 0 Å². The summed E-state index contributed by atoms with van der Waals surface area (Å²) >= 11 is 0. The lowest BCUT2D eigenvalue weighted by atomic mass is 10.1. The zero-order chi connectivity index (χ0) is 18.7. The smallest absolute Gasteiger partial charge is 0.355 e. The maximum atomic E-state index is 12.7. The fourth-order valence-electron chi connectivity index (χ4n) is 2.37. The van der Waals surface area contributed by atoms with Crippen LogP contribution in [0.15, 0.2) is 48.5 Å². The predicted molar refractivity (Wildman–Crippen MR) is 93.0 cm³/mol. The standard InChI is InChI=1S/C18H18F3N5/c1-3-12(2)26-24-17(23-25-26)15-6-4-5-7-16(15)22-14-10-8-13(9-11-14)18(19,20)21/h4-12,22H,3H2,1-2H3. The molecule has 0 aliphatic heterocycles. The molecule has 0 spiro atoms. The summed E-state index contributed by atoms with van der Waals surface area (Å²) in [5.41, 5.74) is 1.27. The van der Waals surface area contributed by atoms with Crippen molar-refractivity contribution in [3.8, 4) is 11.4 Å². The molecule has 0 radical (unpaired) electrons. The fraction of sp³-hybridized carbons (Fsp3) is 0.278. The van der Waals surface area contributed by atoms with E-state index in [0.29, 0.717) is 17.2 Å². The van der Waals surface area contributed by atoms with E-state index in [1.807, 2.05) is 38.1 Å². The van der Waals surface area contributed by atoms with E-state index in [0.717, 1.165) is 24.1 Å². The number of para-hydroxylation sites is 1. The summed E-state index contributed by atoms with van der Waals surface area (Å²) in [4.78, 5) is 1.56. The minimum Gasteiger partial charge on any atom is -0.355 e. The zero-order valence-corrected chi connectivity index (χ0v) is 14.3. The molecule has 0 aliphatic carbocycles. The lowest BCUT2D eigenvalue weighted by molar-refractivity contribution is -0.137. The first-order valence-electron chi connectivity index (χ1n) is 8.21. The zero-order valence-electron chi connectivity index (χ0n) is 14.3. The van der Waals surface area contributed by atoms with Crippen LogP contribution in [0.4, 0.5) is 24.5 Å². The van der Waals surface area contributed by atoms with Gasteiger partial charge in [0.1, 0.15) is 0 Å². The van der Waals surface area contributed by atoms with Gasteiger partial charge in [-0.1, -0.05) is 19.1 Å². The predicted octanol–water partition coefficient (Wildman–Crippen LogP) is 5.07. The van der Waals surface area contributed by atoms with Gasteiger partial charge in [0.2, 0.25) is 5.82 Å². The number of rotatable bonds is 5. The first-order valence-corrected chi connectivity index (χ1v) is 8.21. The lowest BCUT2D eigenvalue weighted by Crippen LogP contribution is -2.07. The highest BCUT2D eigenvalue weighted by molar-refractivity contribution is 5.77. The van der Waals surface area contributed by atoms with E-state index in [1.165, 1.54) is 12.1 Å². The summed E-state index contributed by atoms with van der Waals surface area (Å²) in [6.07, 6.45) is -3.48. The summed E-state index contributed by atoms with van der Waals surface area (Å²) in [6.45, 7) is 4.03. The molecule has 0 bridgehead atoms. The van der Waals surface area contributed by atoms with Crippen molar-refractivity contribution in [1.82, 2.24) is 20.2 Å². The molecule has 136 valence electrons. The van der Waals surface area contributed by atoms with E-state index in [9.17, 15) is 13.2 Å². The van der Waals surface area contributed by atoms with Gasteiger partial charge in [-0.05, 0) is 55.0 Å². The molecule has 3 rings (SSSR count). The van der Waals surface area contributed by atoms with Crippen molar-refractivity contribution in [3.05, 3.63) is 54.1 Å². The van der Waals surface area contributed by atoms with Crippen LogP contribution in [0.3, 0.4) is 0 Å². The highest BCUT2D eigenvalue weighted by atomic mass is 19.4. The Bertz CT molecular complexity index is 871. The van der Waals surface area contributed by atoms with Crippen molar-refractivity contribution < 1.29 is 13.2 Å². The number of hydrogen-bond donors (Lipinski definition) is 1. The van der Waals surface area contributed by atoms with Gasteiger partial charge < -0.3 is 5.32 Å². The van der Waals surface area contributed by atoms with Gasteiger partial charge in [-0.2, -0.15) is 18.0 Å². The Labute approximate surface area is 148 Å². The molecular formula is C18H18F3N5. The number of nitrogens with zero attached hydrogens (tertiary/aromatic N) is 4. The second kappa shape index (κ2) is 7.15. The Hall–Kier alpha value is -2.90. The third-order valence-electron chi connectivity index (χ3n) is 4.07. The van der Waals surface area contributed by atoms with Crippen molar-refractivity contribution in [2.75, 3.05) is 5.32 Å². The van der Waals surface area contributed by atoms with Gasteiger partial charge in [-0.15, -0.1) is 10.2 Å². The number of hydrogen-bond acceptors (Lipinski definition) is 4. The van der Waals surface area contributed by atoms with Crippen LogP contribution in [0.25, 0.3) is 11.4 Å². The first-order chi connectivity index (χ1) is 12.4. The van der Waals surface area contributed by atoms with Gasteiger partial charge in [0.25, 0.3) is 0 Å². The van der Waals surface area contributed by atoms with Crippen LogP contribution in [-0.2, 0) is 6.18 Å². The summed E-state index contributed by atoms with van der Waals surface area (Å²) < 4.78 is 38.0. The number of halogens is 3. The number of alkyl halides is 3. The molecule has 3 aromatic rings. The second-order valence-corrected chi connectivity index (χ2v) is 5.94. The Kier molecular flexibility index (Phi) is 4.92. The second-order valence-electron chi connectivity index (χ2n) is 5.94. The topological polar surface area (TPSA) is 55.6 Å². The van der Waals surface area contributed by atoms with Crippen molar-refractivity contribution in [2.45, 2.75) is 32.5 Å². The van der Waals surface area contributed by atoms with Crippen LogP contribution in [0, 0.1) is 0 Å². The van der Waals surface area contributed by atoms with E-state index in [-0.39, 0.29) is 6.04 Å². The van der Waals surface area contributed by atoms with E-state index < -0.39 is 11.7 Å². The lowest BCUT2D eigenvalue weighted by Gasteiger charge is -2.11. The van der Waals surface area contributed by atoms with Gasteiger partial charge >= 0.3 is 6.18 Å². The van der Waals surface area contributed by atoms with Crippen LogP contribution in [0.1, 0.15) is 31.9 Å². The Morgan fingerprint density at radius 1 is 1.08 bits per heavy atom. The fourth-order valence-corrected chi connectivity index (χ4v) is 2.37. The molecule has 2 aromatic carbocycles. The van der Waals surface area contributed by atoms with Gasteiger partial charge in [-0.25, -0.2) is 0 Å². The number of nitrogens with one attached hydrogen (secondary N) is 1. The minimum atomic E-state index is -4.35. The van der Waals surface area contributed by atoms with Crippen LogP contribution >= 0.6 is 0 Å². The first kappa shape index (κ1) is 17.9. The molecular weight excluding hydrogens is 343 g/mol. The Morgan fingerprint density at radius 3 is 2.42 bits per heavy atom. The van der Waals surface area contributed by atoms with Gasteiger partial charge in [0.15, 0.2) is 0 Å². The van der Waals surface area contributed by atoms with Gasteiger partial charge in [0.05, 0.1) is 11.6 Å². The quantitative estimate of drug-likeness (QED) is 0.689. The minimum absolute atomic E-state index is 0.131. The normalized spacial score (nSPS) is 12.8. The number of aromatic nitrogens is 4. The van der Waals surface area contributed by atoms with E-state index in [1.54, 1.807) is 4.80 Å². The molecule has 5 nitrogen and oxygen atoms in total. The van der Waals surface area contributed by atoms with Crippen molar-refractivity contribution >= 4 is 11.4 Å². The average molecular weight is 361 g/mol. The van der Waals surface area contributed by atoms with Gasteiger partial charge in [-0.3, -0.25) is 0 Å². The number of tetrazole rings is 1. The SMILES string of the molecule is CCC(C)n1nnc(-c2ccccc2Nc2ccc(C(F)(F)F)cc2)n1. The van der Waals surface area contributed by atoms with E-state index in [2.05, 4.69) is 20.7 Å². The molecule has 1 heterocycles. The van der Waals surface area contributed by atoms with Crippen LogP contribution in [0.2, 0.25) is 0 Å². The maximum Gasteiger partial charge on any atom is 0.416 e. The van der Waals surface area contributed by atoms with Crippen LogP contribution < -0.4 is 5.32 Å². The van der Waals surface area contributed by atoms with Crippen LogP contribution in [0.5, 0.6) is 0 Å². The van der Waals surface area contributed by atoms with E-state index in [4.69, 9.17) is 0 Å². The Morgan fingerprint density at radius 2 is 1.77 bits per heavy atom. The summed E-state index contributed by atoms with van der Waals surface area (Å²) in [6, 6.07) is 12.3. The molecule has 0 saturated heterocycles. The molecule has 8 heteroatoms. The third-order valence-corrected chi connectivity index (χ3v) is 4.07. The summed E-state index contributed by atoms with van der Waals surface area (Å²) in [5, 5.41) is 15.7. The molecule has 1 N–H and O–H groups in total. The largest absolute Gasteiger partial charge is 0.416 e. The average Bonchev–Trinajstić information content (AvgIpc) is 3.11. The molecule has 1 unspecified atom stereocenters. The monoisotopic (exact) mass is 361 g/mol. The van der Waals surface area contributed by atoms with Crippen molar-refractivity contribution in [2.24, 2.45) is 0 Å². The third kappa shape index (κ3) is 3.84. The van der Waals surface area contributed by atoms with Crippen LogP contribution in [-0.4, -0.2) is 20.2 Å².